The van der Waals surface area contributed by atoms with Gasteiger partial charge in [-0.25, -0.2) is 14.9 Å². The fourth-order valence-corrected chi connectivity index (χ4v) is 2.86. The Morgan fingerprint density at radius 1 is 0.862 bits per heavy atom. The van der Waals surface area contributed by atoms with Gasteiger partial charge in [-0.1, -0.05) is 66.7 Å². The molecule has 0 saturated heterocycles. The zero-order valence-corrected chi connectivity index (χ0v) is 15.6. The van der Waals surface area contributed by atoms with Gasteiger partial charge in [0.1, 0.15) is 5.69 Å². The van der Waals surface area contributed by atoms with E-state index in [1.54, 1.807) is 23.0 Å². The van der Waals surface area contributed by atoms with E-state index in [4.69, 9.17) is 5.10 Å². The minimum Gasteiger partial charge on any atom is -0.307 e. The molecule has 4 aromatic rings. The second-order valence-electron chi connectivity index (χ2n) is 6.27. The molecule has 0 unspecified atom stereocenters. The fourth-order valence-electron chi connectivity index (χ4n) is 2.86. The van der Waals surface area contributed by atoms with Crippen LogP contribution in [0.15, 0.2) is 102 Å². The molecule has 0 aliphatic rings. The van der Waals surface area contributed by atoms with Crippen molar-refractivity contribution in [2.75, 3.05) is 5.32 Å². The summed E-state index contributed by atoms with van der Waals surface area (Å²) in [7, 11) is 0. The second kappa shape index (κ2) is 8.67. The molecule has 3 aromatic carbocycles. The SMILES string of the molecule is O=C(N/N=C/c1cn(-c2ccccc2)nc1-c1ccccc1)Nc1ccccc1. The monoisotopic (exact) mass is 381 g/mol. The highest BCUT2D eigenvalue weighted by Crippen LogP contribution is 2.22. The maximum atomic E-state index is 12.0. The van der Waals surface area contributed by atoms with Crippen LogP contribution in [0, 0.1) is 0 Å². The minimum atomic E-state index is -0.413. The number of urea groups is 1. The Morgan fingerprint density at radius 2 is 1.48 bits per heavy atom. The van der Waals surface area contributed by atoms with E-state index in [0.29, 0.717) is 5.69 Å². The van der Waals surface area contributed by atoms with Gasteiger partial charge in [-0.05, 0) is 24.3 Å². The summed E-state index contributed by atoms with van der Waals surface area (Å²) >= 11 is 0. The van der Waals surface area contributed by atoms with Crippen molar-refractivity contribution < 1.29 is 4.79 Å². The average Bonchev–Trinajstić information content (AvgIpc) is 3.20. The highest BCUT2D eigenvalue weighted by molar-refractivity contribution is 5.92. The van der Waals surface area contributed by atoms with Gasteiger partial charge in [-0.3, -0.25) is 0 Å². The lowest BCUT2D eigenvalue weighted by Crippen LogP contribution is -2.24. The predicted octanol–water partition coefficient (Wildman–Crippen LogP) is 4.69. The van der Waals surface area contributed by atoms with Crippen molar-refractivity contribution in [3.8, 4) is 16.9 Å². The molecule has 0 spiro atoms. The predicted molar refractivity (Wildman–Crippen MR) is 115 cm³/mol. The molecule has 0 fully saturated rings. The van der Waals surface area contributed by atoms with Crippen LogP contribution in [0.25, 0.3) is 16.9 Å². The van der Waals surface area contributed by atoms with Crippen LogP contribution in [0.2, 0.25) is 0 Å². The Bertz CT molecular complexity index is 1110. The first kappa shape index (κ1) is 18.2. The highest BCUT2D eigenvalue weighted by atomic mass is 16.2. The Kier molecular flexibility index (Phi) is 5.43. The number of aromatic nitrogens is 2. The molecule has 0 saturated carbocycles. The Hall–Kier alpha value is -4.19. The number of hydrogen-bond acceptors (Lipinski definition) is 3. The Balaban J connectivity index is 1.56. The van der Waals surface area contributed by atoms with Crippen molar-refractivity contribution in [3.63, 3.8) is 0 Å². The third-order valence-corrected chi connectivity index (χ3v) is 4.21. The molecule has 2 N–H and O–H groups in total. The van der Waals surface area contributed by atoms with Gasteiger partial charge in [-0.15, -0.1) is 0 Å². The van der Waals surface area contributed by atoms with Crippen molar-refractivity contribution in [2.24, 2.45) is 5.10 Å². The molecule has 0 aliphatic carbocycles. The van der Waals surface area contributed by atoms with Gasteiger partial charge in [0, 0.05) is 23.0 Å². The third-order valence-electron chi connectivity index (χ3n) is 4.21. The van der Waals surface area contributed by atoms with E-state index in [1.165, 1.54) is 0 Å². The molecule has 4 rings (SSSR count). The first-order valence-electron chi connectivity index (χ1n) is 9.15. The summed E-state index contributed by atoms with van der Waals surface area (Å²) in [6.45, 7) is 0. The van der Waals surface area contributed by atoms with Gasteiger partial charge in [-0.2, -0.15) is 10.2 Å². The zero-order chi connectivity index (χ0) is 19.9. The fraction of sp³-hybridized carbons (Fsp3) is 0. The van der Waals surface area contributed by atoms with Gasteiger partial charge in [0.25, 0.3) is 0 Å². The number of benzene rings is 3. The molecule has 29 heavy (non-hydrogen) atoms. The number of carbonyl (C=O) groups is 1. The maximum absolute atomic E-state index is 12.0. The van der Waals surface area contributed by atoms with Crippen LogP contribution in [0.4, 0.5) is 10.5 Å². The van der Waals surface area contributed by atoms with Gasteiger partial charge < -0.3 is 5.32 Å². The van der Waals surface area contributed by atoms with Crippen LogP contribution in [0.5, 0.6) is 0 Å². The molecular weight excluding hydrogens is 362 g/mol. The van der Waals surface area contributed by atoms with Crippen LogP contribution in [0.3, 0.4) is 0 Å². The first-order valence-corrected chi connectivity index (χ1v) is 9.15. The quantitative estimate of drug-likeness (QED) is 0.389. The number of anilines is 1. The van der Waals surface area contributed by atoms with E-state index < -0.39 is 6.03 Å². The standard InChI is InChI=1S/C23H19N5O/c29-23(25-20-12-6-2-7-13-20)26-24-16-19-17-28(21-14-8-3-9-15-21)27-22(19)18-10-4-1-5-11-18/h1-17H,(H2,25,26,29)/b24-16+. The molecule has 0 aliphatic heterocycles. The van der Waals surface area contributed by atoms with Crippen molar-refractivity contribution in [2.45, 2.75) is 0 Å². The van der Waals surface area contributed by atoms with E-state index in [-0.39, 0.29) is 0 Å². The average molecular weight is 381 g/mol. The molecule has 142 valence electrons. The normalized spacial score (nSPS) is 10.8. The molecular formula is C23H19N5O. The van der Waals surface area contributed by atoms with Crippen molar-refractivity contribution in [1.29, 1.82) is 0 Å². The second-order valence-corrected chi connectivity index (χ2v) is 6.27. The number of hydrazone groups is 1. The van der Waals surface area contributed by atoms with Gasteiger partial charge in [0.2, 0.25) is 0 Å². The number of nitrogens with zero attached hydrogens (tertiary/aromatic N) is 3. The van der Waals surface area contributed by atoms with Gasteiger partial charge >= 0.3 is 6.03 Å². The van der Waals surface area contributed by atoms with Crippen LogP contribution >= 0.6 is 0 Å². The minimum absolute atomic E-state index is 0.413. The molecule has 0 radical (unpaired) electrons. The lowest BCUT2D eigenvalue weighted by molar-refractivity contribution is 0.252. The van der Waals surface area contributed by atoms with Crippen molar-refractivity contribution in [3.05, 3.63) is 103 Å². The number of rotatable bonds is 5. The maximum Gasteiger partial charge on any atom is 0.339 e. The summed E-state index contributed by atoms with van der Waals surface area (Å²) in [6, 6.07) is 28.5. The van der Waals surface area contributed by atoms with Crippen molar-refractivity contribution >= 4 is 17.9 Å². The lowest BCUT2D eigenvalue weighted by Gasteiger charge is -2.03. The Labute approximate surface area is 168 Å². The summed E-state index contributed by atoms with van der Waals surface area (Å²) in [5, 5.41) is 11.5. The molecule has 1 aromatic heterocycles. The van der Waals surface area contributed by atoms with E-state index in [2.05, 4.69) is 15.8 Å². The number of hydrogen-bond donors (Lipinski definition) is 2. The largest absolute Gasteiger partial charge is 0.339 e. The highest BCUT2D eigenvalue weighted by Gasteiger charge is 2.11. The van der Waals surface area contributed by atoms with Crippen LogP contribution in [-0.4, -0.2) is 22.0 Å². The summed E-state index contributed by atoms with van der Waals surface area (Å²) in [5.74, 6) is 0. The van der Waals surface area contributed by atoms with E-state index in [9.17, 15) is 4.79 Å². The molecule has 0 bridgehead atoms. The van der Waals surface area contributed by atoms with Crippen LogP contribution in [-0.2, 0) is 0 Å². The van der Waals surface area contributed by atoms with Gasteiger partial charge in [0.05, 0.1) is 11.9 Å². The van der Waals surface area contributed by atoms with E-state index in [0.717, 1.165) is 22.5 Å². The topological polar surface area (TPSA) is 71.3 Å². The molecule has 0 atom stereocenters. The number of carbonyl (C=O) groups excluding carboxylic acids is 1. The zero-order valence-electron chi connectivity index (χ0n) is 15.6. The van der Waals surface area contributed by atoms with Gasteiger partial charge in [0.15, 0.2) is 0 Å². The lowest BCUT2D eigenvalue weighted by atomic mass is 10.1. The molecule has 1 heterocycles. The van der Waals surface area contributed by atoms with Crippen LogP contribution < -0.4 is 10.7 Å². The summed E-state index contributed by atoms with van der Waals surface area (Å²) in [5.41, 5.74) is 6.67. The molecule has 6 nitrogen and oxygen atoms in total. The third kappa shape index (κ3) is 4.56. The summed E-state index contributed by atoms with van der Waals surface area (Å²) in [4.78, 5) is 12.0. The smallest absolute Gasteiger partial charge is 0.307 e. The van der Waals surface area contributed by atoms with Crippen molar-refractivity contribution in [1.82, 2.24) is 15.2 Å². The van der Waals surface area contributed by atoms with Crippen LogP contribution in [0.1, 0.15) is 5.56 Å². The Morgan fingerprint density at radius 3 is 2.17 bits per heavy atom. The summed E-state index contributed by atoms with van der Waals surface area (Å²) < 4.78 is 1.80. The number of amides is 2. The van der Waals surface area contributed by atoms with E-state index in [1.807, 2.05) is 85.1 Å². The van der Waals surface area contributed by atoms with E-state index >= 15 is 0 Å². The molecule has 2 amide bonds. The summed E-state index contributed by atoms with van der Waals surface area (Å²) in [6.07, 6.45) is 3.48. The molecule has 6 heteroatoms. The first-order chi connectivity index (χ1) is 14.3. The number of para-hydroxylation sites is 2. The number of nitrogens with one attached hydrogen (secondary N) is 2.